The first-order valence-corrected chi connectivity index (χ1v) is 4.15. The molecule has 80 valence electrons. The minimum atomic E-state index is -0.516. The van der Waals surface area contributed by atoms with Crippen LogP contribution >= 0.6 is 37.7 Å². The van der Waals surface area contributed by atoms with E-state index in [2.05, 4.69) is 34.7 Å². The molecule has 0 fully saturated rings. The molecule has 7 heteroatoms. The predicted octanol–water partition coefficient (Wildman–Crippen LogP) is 2.57. The number of halogens is 1. The number of hydrogen-bond acceptors (Lipinski definition) is 4. The summed E-state index contributed by atoms with van der Waals surface area (Å²) in [6, 6.07) is 0. The molecule has 0 rings (SSSR count). The fraction of sp³-hybridized carbons (Fsp3) is 0.667. The Hall–Kier alpha value is -0.0700. The van der Waals surface area contributed by atoms with E-state index in [1.54, 1.807) is 13.8 Å². The second-order valence-electron chi connectivity index (χ2n) is 1.40. The molecular weight excluding hydrogens is 236 g/mol. The highest BCUT2D eigenvalue weighted by Crippen LogP contribution is 1.82. The van der Waals surface area contributed by atoms with Gasteiger partial charge in [-0.2, -0.15) is 0 Å². The molecule has 0 aliphatic heterocycles. The molecule has 0 saturated heterocycles. The summed E-state index contributed by atoms with van der Waals surface area (Å²) in [5.41, 5.74) is 0. The van der Waals surface area contributed by atoms with Crippen molar-refractivity contribution in [3.63, 3.8) is 0 Å². The van der Waals surface area contributed by atoms with Gasteiger partial charge in [0.2, 0.25) is 0 Å². The SMILES string of the molecule is CCOC(=O)S.CCOC(=O)S.Cl. The van der Waals surface area contributed by atoms with Crippen LogP contribution in [0.4, 0.5) is 9.59 Å². The van der Waals surface area contributed by atoms with E-state index in [0.717, 1.165) is 0 Å². The van der Waals surface area contributed by atoms with Crippen molar-refractivity contribution in [2.24, 2.45) is 0 Å². The van der Waals surface area contributed by atoms with Crippen molar-refractivity contribution in [1.29, 1.82) is 0 Å². The van der Waals surface area contributed by atoms with Crippen LogP contribution in [0.2, 0.25) is 0 Å². The Morgan fingerprint density at radius 1 is 1.00 bits per heavy atom. The van der Waals surface area contributed by atoms with E-state index in [9.17, 15) is 9.59 Å². The largest absolute Gasteiger partial charge is 0.458 e. The lowest BCUT2D eigenvalue weighted by molar-refractivity contribution is 0.181. The average Bonchev–Trinajstić information content (AvgIpc) is 1.87. The molecule has 0 amide bonds. The molecule has 0 aromatic heterocycles. The van der Waals surface area contributed by atoms with Crippen molar-refractivity contribution < 1.29 is 19.1 Å². The second-order valence-corrected chi connectivity index (χ2v) is 2.13. The summed E-state index contributed by atoms with van der Waals surface area (Å²) < 4.78 is 8.53. The number of rotatable bonds is 2. The molecule has 0 radical (unpaired) electrons. The molecule has 0 aliphatic rings. The van der Waals surface area contributed by atoms with Gasteiger partial charge in [-0.3, -0.25) is 0 Å². The smallest absolute Gasteiger partial charge is 0.364 e. The van der Waals surface area contributed by atoms with Gasteiger partial charge in [0.25, 0.3) is 0 Å². The molecular formula is C6H13ClO4S2. The standard InChI is InChI=1S/2C3H6O2S.ClH/c2*1-2-5-3(4)6;/h2*2H2,1H3,(H,4,6);1H. The molecule has 0 heterocycles. The lowest BCUT2D eigenvalue weighted by Crippen LogP contribution is -1.89. The summed E-state index contributed by atoms with van der Waals surface area (Å²) >= 11 is 6.63. The van der Waals surface area contributed by atoms with E-state index in [-0.39, 0.29) is 12.4 Å². The molecule has 0 aromatic rings. The number of thiol groups is 2. The van der Waals surface area contributed by atoms with Gasteiger partial charge in [-0.15, -0.1) is 12.4 Å². The zero-order valence-electron chi connectivity index (χ0n) is 7.35. The monoisotopic (exact) mass is 248 g/mol. The summed E-state index contributed by atoms with van der Waals surface area (Å²) in [6.07, 6.45) is 0. The van der Waals surface area contributed by atoms with Crippen molar-refractivity contribution in [3.8, 4) is 0 Å². The first-order chi connectivity index (χ1) is 5.54. The van der Waals surface area contributed by atoms with Crippen LogP contribution in [0.1, 0.15) is 13.8 Å². The fourth-order valence-electron chi connectivity index (χ4n) is 0.247. The van der Waals surface area contributed by atoms with E-state index < -0.39 is 10.6 Å². The number of hydrogen-bond donors (Lipinski definition) is 2. The van der Waals surface area contributed by atoms with E-state index in [1.165, 1.54) is 0 Å². The second kappa shape index (κ2) is 14.5. The first kappa shape index (κ1) is 18.7. The van der Waals surface area contributed by atoms with Crippen molar-refractivity contribution in [1.82, 2.24) is 0 Å². The Morgan fingerprint density at radius 3 is 1.23 bits per heavy atom. The Balaban J connectivity index is -0.000000143. The molecule has 0 spiro atoms. The molecule has 0 atom stereocenters. The summed E-state index contributed by atoms with van der Waals surface area (Å²) in [7, 11) is 0. The Bertz CT molecular complexity index is 127. The molecule has 0 aromatic carbocycles. The molecule has 13 heavy (non-hydrogen) atoms. The zero-order valence-corrected chi connectivity index (χ0v) is 9.96. The first-order valence-electron chi connectivity index (χ1n) is 3.26. The molecule has 0 bridgehead atoms. The predicted molar refractivity (Wildman–Crippen MR) is 59.3 cm³/mol. The molecule has 0 unspecified atom stereocenters. The van der Waals surface area contributed by atoms with E-state index in [0.29, 0.717) is 13.2 Å². The van der Waals surface area contributed by atoms with Gasteiger partial charge in [0, 0.05) is 0 Å². The maximum Gasteiger partial charge on any atom is 0.364 e. The van der Waals surface area contributed by atoms with Gasteiger partial charge in [0.15, 0.2) is 0 Å². The topological polar surface area (TPSA) is 52.6 Å². The third-order valence-corrected chi connectivity index (χ3v) is 0.794. The van der Waals surface area contributed by atoms with Crippen molar-refractivity contribution >= 4 is 48.3 Å². The molecule has 0 N–H and O–H groups in total. The number of carbonyl (C=O) groups excluding carboxylic acids is 2. The third-order valence-electron chi connectivity index (χ3n) is 0.536. The van der Waals surface area contributed by atoms with Crippen LogP contribution in [0.5, 0.6) is 0 Å². The van der Waals surface area contributed by atoms with Crippen LogP contribution in [0, 0.1) is 0 Å². The van der Waals surface area contributed by atoms with E-state index >= 15 is 0 Å². The Kier molecular flexibility index (Phi) is 20.8. The van der Waals surface area contributed by atoms with Crippen molar-refractivity contribution in [2.75, 3.05) is 13.2 Å². The summed E-state index contributed by atoms with van der Waals surface area (Å²) in [6.45, 7) is 4.27. The quantitative estimate of drug-likeness (QED) is 0.583. The highest BCUT2D eigenvalue weighted by Gasteiger charge is 1.83. The van der Waals surface area contributed by atoms with E-state index in [4.69, 9.17) is 0 Å². The highest BCUT2D eigenvalue weighted by atomic mass is 35.5. The lowest BCUT2D eigenvalue weighted by atomic mass is 10.9. The van der Waals surface area contributed by atoms with Crippen LogP contribution in [0.15, 0.2) is 0 Å². The minimum absolute atomic E-state index is 0. The average molecular weight is 249 g/mol. The minimum Gasteiger partial charge on any atom is -0.458 e. The van der Waals surface area contributed by atoms with E-state index in [1.807, 2.05) is 0 Å². The Morgan fingerprint density at radius 2 is 1.23 bits per heavy atom. The van der Waals surface area contributed by atoms with Crippen LogP contribution in [0.3, 0.4) is 0 Å². The van der Waals surface area contributed by atoms with Gasteiger partial charge < -0.3 is 9.47 Å². The van der Waals surface area contributed by atoms with Crippen molar-refractivity contribution in [2.45, 2.75) is 13.8 Å². The number of carbonyl (C=O) groups is 2. The summed E-state index contributed by atoms with van der Waals surface area (Å²) in [5.74, 6) is 0. The van der Waals surface area contributed by atoms with Gasteiger partial charge in [0.05, 0.1) is 13.2 Å². The fourth-order valence-corrected chi connectivity index (χ4v) is 0.505. The molecule has 4 nitrogen and oxygen atoms in total. The molecule has 0 saturated carbocycles. The number of ether oxygens (including phenoxy) is 2. The van der Waals surface area contributed by atoms with Crippen LogP contribution in [-0.2, 0) is 9.47 Å². The normalized spacial score (nSPS) is 7.08. The Labute approximate surface area is 94.6 Å². The maximum absolute atomic E-state index is 9.69. The lowest BCUT2D eigenvalue weighted by Gasteiger charge is -1.88. The third kappa shape index (κ3) is 33.5. The van der Waals surface area contributed by atoms with Crippen LogP contribution in [0.25, 0.3) is 0 Å². The van der Waals surface area contributed by atoms with Crippen molar-refractivity contribution in [3.05, 3.63) is 0 Å². The van der Waals surface area contributed by atoms with Gasteiger partial charge >= 0.3 is 10.6 Å². The van der Waals surface area contributed by atoms with Gasteiger partial charge in [-0.25, -0.2) is 9.59 Å². The zero-order chi connectivity index (χ0) is 9.98. The summed E-state index contributed by atoms with van der Waals surface area (Å²) in [4.78, 5) is 19.4. The summed E-state index contributed by atoms with van der Waals surface area (Å²) in [5, 5.41) is -1.03. The van der Waals surface area contributed by atoms with Gasteiger partial charge in [0.1, 0.15) is 0 Å². The van der Waals surface area contributed by atoms with Gasteiger partial charge in [-0.05, 0) is 13.8 Å². The van der Waals surface area contributed by atoms with Crippen LogP contribution in [-0.4, -0.2) is 23.8 Å². The highest BCUT2D eigenvalue weighted by molar-refractivity contribution is 7.96. The molecule has 0 aliphatic carbocycles. The van der Waals surface area contributed by atoms with Gasteiger partial charge in [-0.1, -0.05) is 25.3 Å². The maximum atomic E-state index is 9.69. The van der Waals surface area contributed by atoms with Crippen LogP contribution < -0.4 is 0 Å².